The smallest absolute Gasteiger partial charge is 0.261 e. The van der Waals surface area contributed by atoms with Gasteiger partial charge in [-0.15, -0.1) is 0 Å². The van der Waals surface area contributed by atoms with Crippen molar-refractivity contribution in [1.82, 2.24) is 0 Å². The van der Waals surface area contributed by atoms with Gasteiger partial charge in [0.15, 0.2) is 0 Å². The number of hydrogen-bond acceptors (Lipinski definition) is 3. The number of rotatable bonds is 3. The minimum atomic E-state index is -3.74. The molecule has 7 heteroatoms. The predicted molar refractivity (Wildman–Crippen MR) is 99.8 cm³/mol. The van der Waals surface area contributed by atoms with Crippen LogP contribution in [0.3, 0.4) is 0 Å². The van der Waals surface area contributed by atoms with Crippen LogP contribution in [-0.2, 0) is 21.2 Å². The number of sulfonamides is 1. The number of anilines is 2. The van der Waals surface area contributed by atoms with E-state index in [1.807, 2.05) is 6.92 Å². The summed E-state index contributed by atoms with van der Waals surface area (Å²) in [6.07, 6.45) is 0.633. The van der Waals surface area contributed by atoms with Crippen molar-refractivity contribution < 1.29 is 13.2 Å². The highest BCUT2D eigenvalue weighted by molar-refractivity contribution is 7.92. The molecule has 25 heavy (non-hydrogen) atoms. The summed E-state index contributed by atoms with van der Waals surface area (Å²) >= 11 is 6.05. The van der Waals surface area contributed by atoms with E-state index in [4.69, 9.17) is 11.6 Å². The van der Waals surface area contributed by atoms with E-state index in [9.17, 15) is 13.2 Å². The molecule has 1 aliphatic heterocycles. The van der Waals surface area contributed by atoms with Gasteiger partial charge < -0.3 is 4.90 Å². The van der Waals surface area contributed by atoms with E-state index in [1.54, 1.807) is 42.2 Å². The number of amides is 1. The van der Waals surface area contributed by atoms with Crippen LogP contribution in [0.1, 0.15) is 25.0 Å². The maximum absolute atomic E-state index is 12.7. The zero-order valence-corrected chi connectivity index (χ0v) is 15.8. The van der Waals surface area contributed by atoms with Crippen LogP contribution in [0.2, 0.25) is 5.02 Å². The van der Waals surface area contributed by atoms with Gasteiger partial charge in [-0.3, -0.25) is 9.52 Å². The lowest BCUT2D eigenvalue weighted by Crippen LogP contribution is -2.33. The highest BCUT2D eigenvalue weighted by atomic mass is 35.5. The second-order valence-electron chi connectivity index (χ2n) is 6.25. The van der Waals surface area contributed by atoms with Gasteiger partial charge in [-0.05, 0) is 61.7 Å². The third-order valence-corrected chi connectivity index (χ3v) is 6.20. The number of hydrogen-bond donors (Lipinski definition) is 1. The number of nitrogens with zero attached hydrogens (tertiary/aromatic N) is 1. The third-order valence-electron chi connectivity index (χ3n) is 4.43. The van der Waals surface area contributed by atoms with Crippen LogP contribution in [0.25, 0.3) is 0 Å². The fourth-order valence-corrected chi connectivity index (χ4v) is 4.52. The molecular formula is C18H19ClN2O3S. The molecule has 3 rings (SSSR count). The first kappa shape index (κ1) is 17.8. The maximum Gasteiger partial charge on any atom is 0.261 e. The summed E-state index contributed by atoms with van der Waals surface area (Å²) in [7, 11) is -3.74. The van der Waals surface area contributed by atoms with E-state index in [2.05, 4.69) is 4.72 Å². The minimum absolute atomic E-state index is 0.0218. The topological polar surface area (TPSA) is 66.5 Å². The van der Waals surface area contributed by atoms with E-state index < -0.39 is 10.0 Å². The molecule has 0 radical (unpaired) electrons. The molecule has 1 atom stereocenters. The van der Waals surface area contributed by atoms with Gasteiger partial charge in [0.25, 0.3) is 10.0 Å². The molecule has 0 saturated heterocycles. The molecule has 1 aliphatic rings. The predicted octanol–water partition coefficient (Wildman–Crippen LogP) is 3.75. The number of fused-ring (bicyclic) bond motifs is 1. The molecule has 0 bridgehead atoms. The fraction of sp³-hybridized carbons (Fsp3) is 0.278. The first-order valence-corrected chi connectivity index (χ1v) is 9.77. The number of halogens is 1. The van der Waals surface area contributed by atoms with Gasteiger partial charge in [0, 0.05) is 23.7 Å². The quantitative estimate of drug-likeness (QED) is 0.884. The second-order valence-corrected chi connectivity index (χ2v) is 8.34. The first-order valence-electron chi connectivity index (χ1n) is 7.91. The van der Waals surface area contributed by atoms with Crippen molar-refractivity contribution >= 4 is 38.9 Å². The molecule has 0 unspecified atom stereocenters. The van der Waals surface area contributed by atoms with Gasteiger partial charge in [-0.1, -0.05) is 17.7 Å². The Morgan fingerprint density at radius 2 is 2.00 bits per heavy atom. The minimum Gasteiger partial charge on any atom is -0.309 e. The highest BCUT2D eigenvalue weighted by Gasteiger charge is 2.30. The Balaban J connectivity index is 1.96. The van der Waals surface area contributed by atoms with E-state index in [0.717, 1.165) is 11.3 Å². The Morgan fingerprint density at radius 3 is 2.68 bits per heavy atom. The molecule has 0 aliphatic carbocycles. The Labute approximate surface area is 152 Å². The van der Waals surface area contributed by atoms with Crippen molar-refractivity contribution in [3.8, 4) is 0 Å². The summed E-state index contributed by atoms with van der Waals surface area (Å²) < 4.78 is 28.0. The van der Waals surface area contributed by atoms with E-state index in [0.29, 0.717) is 22.7 Å². The normalized spacial score (nSPS) is 16.6. The highest BCUT2D eigenvalue weighted by Crippen LogP contribution is 2.34. The Bertz CT molecular complexity index is 957. The summed E-state index contributed by atoms with van der Waals surface area (Å²) in [4.78, 5) is 13.7. The van der Waals surface area contributed by atoms with Crippen LogP contribution >= 0.6 is 11.6 Å². The number of nitrogens with one attached hydrogen (secondary N) is 1. The molecule has 132 valence electrons. The van der Waals surface area contributed by atoms with Gasteiger partial charge >= 0.3 is 0 Å². The number of benzene rings is 2. The van der Waals surface area contributed by atoms with Gasteiger partial charge in [-0.2, -0.15) is 0 Å². The number of carbonyl (C=O) groups is 1. The van der Waals surface area contributed by atoms with Gasteiger partial charge in [0.05, 0.1) is 10.6 Å². The molecule has 1 heterocycles. The standard InChI is InChI=1S/C18H19ClN2O3S/c1-11-9-14-10-15(7-8-18(14)21(11)13(3)22)25(23,24)20-17-6-4-5-16(19)12(17)2/h4-8,10-11,20H,9H2,1-3H3/t11-/m1/s1. The van der Waals surface area contributed by atoms with Crippen LogP contribution in [0.5, 0.6) is 0 Å². The Kier molecular flexibility index (Phi) is 4.51. The zero-order valence-electron chi connectivity index (χ0n) is 14.2. The van der Waals surface area contributed by atoms with Gasteiger partial charge in [-0.25, -0.2) is 8.42 Å². The average molecular weight is 379 g/mol. The summed E-state index contributed by atoms with van der Waals surface area (Å²) in [5, 5.41) is 0.500. The SMILES string of the molecule is CC(=O)N1c2ccc(S(=O)(=O)Nc3cccc(Cl)c3C)cc2C[C@H]1C. The third kappa shape index (κ3) is 3.24. The summed E-state index contributed by atoms with van der Waals surface area (Å²) in [6.45, 7) is 5.22. The van der Waals surface area contributed by atoms with E-state index >= 15 is 0 Å². The lowest BCUT2D eigenvalue weighted by molar-refractivity contribution is -0.116. The lowest BCUT2D eigenvalue weighted by atomic mass is 10.1. The second kappa shape index (κ2) is 6.35. The molecule has 0 aromatic heterocycles. The van der Waals surface area contributed by atoms with E-state index in [1.165, 1.54) is 13.0 Å². The zero-order chi connectivity index (χ0) is 18.4. The number of carbonyl (C=O) groups excluding carboxylic acids is 1. The molecule has 0 fully saturated rings. The van der Waals surface area contributed by atoms with Crippen molar-refractivity contribution in [2.75, 3.05) is 9.62 Å². The van der Waals surface area contributed by atoms with Crippen LogP contribution in [-0.4, -0.2) is 20.4 Å². The van der Waals surface area contributed by atoms with Crippen LogP contribution < -0.4 is 9.62 Å². The molecule has 1 N–H and O–H groups in total. The molecule has 1 amide bonds. The van der Waals surface area contributed by atoms with Crippen LogP contribution in [0, 0.1) is 6.92 Å². The fourth-order valence-electron chi connectivity index (χ4n) is 3.18. The molecule has 0 spiro atoms. The van der Waals surface area contributed by atoms with Crippen molar-refractivity contribution in [2.24, 2.45) is 0 Å². The monoisotopic (exact) mass is 378 g/mol. The lowest BCUT2D eigenvalue weighted by Gasteiger charge is -2.20. The molecular weight excluding hydrogens is 360 g/mol. The molecule has 2 aromatic carbocycles. The van der Waals surface area contributed by atoms with E-state index in [-0.39, 0.29) is 16.8 Å². The van der Waals surface area contributed by atoms with Crippen molar-refractivity contribution in [2.45, 2.75) is 38.1 Å². The summed E-state index contributed by atoms with van der Waals surface area (Å²) in [6, 6.07) is 9.95. The van der Waals surface area contributed by atoms with Crippen LogP contribution in [0.15, 0.2) is 41.3 Å². The van der Waals surface area contributed by atoms with Crippen molar-refractivity contribution in [1.29, 1.82) is 0 Å². The van der Waals surface area contributed by atoms with Crippen molar-refractivity contribution in [3.63, 3.8) is 0 Å². The molecule has 5 nitrogen and oxygen atoms in total. The summed E-state index contributed by atoms with van der Waals surface area (Å²) in [5.74, 6) is -0.0467. The van der Waals surface area contributed by atoms with Crippen LogP contribution in [0.4, 0.5) is 11.4 Å². The van der Waals surface area contributed by atoms with Gasteiger partial charge in [0.2, 0.25) is 5.91 Å². The first-order chi connectivity index (χ1) is 11.7. The Hall–Kier alpha value is -2.05. The Morgan fingerprint density at radius 1 is 1.28 bits per heavy atom. The average Bonchev–Trinajstić information content (AvgIpc) is 2.86. The van der Waals surface area contributed by atoms with Gasteiger partial charge in [0.1, 0.15) is 0 Å². The van der Waals surface area contributed by atoms with Crippen molar-refractivity contribution in [3.05, 3.63) is 52.5 Å². The molecule has 2 aromatic rings. The summed E-state index contributed by atoms with van der Waals surface area (Å²) in [5.41, 5.74) is 2.75. The molecule has 0 saturated carbocycles. The maximum atomic E-state index is 12.7. The largest absolute Gasteiger partial charge is 0.309 e.